The van der Waals surface area contributed by atoms with E-state index in [4.69, 9.17) is 0 Å². The van der Waals surface area contributed by atoms with Crippen LogP contribution in [0.2, 0.25) is 0 Å². The first-order chi connectivity index (χ1) is 13.0. The highest BCUT2D eigenvalue weighted by atomic mass is 19.1. The molecule has 3 N–H and O–H groups in total. The van der Waals surface area contributed by atoms with E-state index >= 15 is 0 Å². The first-order valence-electron chi connectivity index (χ1n) is 9.15. The Labute approximate surface area is 157 Å². The van der Waals surface area contributed by atoms with E-state index in [1.54, 1.807) is 0 Å². The van der Waals surface area contributed by atoms with Gasteiger partial charge in [0.05, 0.1) is 12.5 Å². The molecule has 3 amide bonds. The predicted octanol–water partition coefficient (Wildman–Crippen LogP) is 1.22. The molecule has 1 aliphatic heterocycles. The van der Waals surface area contributed by atoms with Crippen molar-refractivity contribution in [2.75, 3.05) is 18.4 Å². The fourth-order valence-corrected chi connectivity index (χ4v) is 3.25. The third-order valence-electron chi connectivity index (χ3n) is 4.66. The van der Waals surface area contributed by atoms with Gasteiger partial charge in [-0.25, -0.2) is 24.5 Å². The van der Waals surface area contributed by atoms with Crippen LogP contribution < -0.4 is 10.3 Å². The number of halogens is 1. The highest BCUT2D eigenvalue weighted by molar-refractivity contribution is 5.96. The van der Waals surface area contributed by atoms with Crippen molar-refractivity contribution in [1.82, 2.24) is 9.96 Å². The van der Waals surface area contributed by atoms with Crippen LogP contribution in [0.15, 0.2) is 18.3 Å². The van der Waals surface area contributed by atoms with Gasteiger partial charge >= 0.3 is 5.91 Å². The van der Waals surface area contributed by atoms with Crippen molar-refractivity contribution in [3.63, 3.8) is 0 Å². The average molecular weight is 381 g/mol. The molecule has 0 saturated carbocycles. The molecule has 27 heavy (non-hydrogen) atoms. The summed E-state index contributed by atoms with van der Waals surface area (Å²) in [4.78, 5) is 40.4. The van der Waals surface area contributed by atoms with Crippen LogP contribution in [0.5, 0.6) is 0 Å². The molecule has 0 aromatic carbocycles. The lowest BCUT2D eigenvalue weighted by molar-refractivity contribution is -0.363. The third kappa shape index (κ3) is 5.72. The van der Waals surface area contributed by atoms with Crippen LogP contribution in [0.25, 0.3) is 0 Å². The summed E-state index contributed by atoms with van der Waals surface area (Å²) in [6.07, 6.45) is 4.79. The Bertz CT molecular complexity index is 655. The molecule has 1 aromatic heterocycles. The van der Waals surface area contributed by atoms with E-state index in [0.717, 1.165) is 19.0 Å². The lowest BCUT2D eigenvalue weighted by atomic mass is 9.99. The summed E-state index contributed by atoms with van der Waals surface area (Å²) in [5.41, 5.74) is 0. The summed E-state index contributed by atoms with van der Waals surface area (Å²) in [5, 5.41) is 12.6. The fourth-order valence-electron chi connectivity index (χ4n) is 3.25. The summed E-state index contributed by atoms with van der Waals surface area (Å²) in [7, 11) is 0. The second kappa shape index (κ2) is 9.96. The number of nitrogens with zero attached hydrogens (tertiary/aromatic N) is 2. The molecule has 2 heterocycles. The Morgan fingerprint density at radius 2 is 2.30 bits per heavy atom. The molecular formula is C18H26FN4O4+. The first kappa shape index (κ1) is 20.8. The minimum absolute atomic E-state index is 0.0983. The van der Waals surface area contributed by atoms with E-state index in [1.165, 1.54) is 17.0 Å². The molecule has 1 aromatic rings. The second-order valence-electron chi connectivity index (χ2n) is 6.67. The fraction of sp³-hybridized carbons (Fsp3) is 0.556. The number of H-pyrrole nitrogens is 1. The summed E-state index contributed by atoms with van der Waals surface area (Å²) in [6, 6.07) is 2.00. The maximum Gasteiger partial charge on any atom is 0.330 e. The Balaban J connectivity index is 2.06. The Hall–Kier alpha value is -2.55. The van der Waals surface area contributed by atoms with Gasteiger partial charge < -0.3 is 4.90 Å². The lowest BCUT2D eigenvalue weighted by Gasteiger charge is -2.28. The van der Waals surface area contributed by atoms with Gasteiger partial charge in [-0.3, -0.25) is 14.8 Å². The van der Waals surface area contributed by atoms with Crippen molar-refractivity contribution in [3.05, 3.63) is 24.1 Å². The number of pyridine rings is 1. The number of likely N-dealkylation sites (tertiary alicyclic amines) is 1. The Kier molecular flexibility index (Phi) is 7.66. The average Bonchev–Trinajstić information content (AvgIpc) is 3.16. The second-order valence-corrected chi connectivity index (χ2v) is 6.67. The van der Waals surface area contributed by atoms with Crippen LogP contribution >= 0.6 is 0 Å². The van der Waals surface area contributed by atoms with E-state index in [1.807, 2.05) is 6.92 Å². The lowest BCUT2D eigenvalue weighted by Crippen LogP contribution is -2.47. The number of anilines is 1. The zero-order chi connectivity index (χ0) is 19.8. The third-order valence-corrected chi connectivity index (χ3v) is 4.66. The molecule has 1 saturated heterocycles. The highest BCUT2D eigenvalue weighted by Crippen LogP contribution is 2.23. The van der Waals surface area contributed by atoms with Crippen molar-refractivity contribution in [3.8, 4) is 0 Å². The molecule has 2 unspecified atom stereocenters. The van der Waals surface area contributed by atoms with Gasteiger partial charge in [-0.15, -0.1) is 0 Å². The first-order valence-corrected chi connectivity index (χ1v) is 9.15. The van der Waals surface area contributed by atoms with E-state index in [0.29, 0.717) is 36.7 Å². The maximum absolute atomic E-state index is 13.0. The minimum atomic E-state index is -0.636. The standard InChI is InChI=1S/C18H25FN4O4/c1-2-3-5-13(11-22(27)12-24)18(26)23-9-4-6-15(23)17(25)21-16-8-7-14(19)10-20-16/h7-8,10,12-13,15,27H,2-6,9,11H2,1H3,(H,20,21,25)/p+1. The van der Waals surface area contributed by atoms with Crippen molar-refractivity contribution in [2.45, 2.75) is 45.1 Å². The zero-order valence-electron chi connectivity index (χ0n) is 15.4. The molecular weight excluding hydrogens is 355 g/mol. The summed E-state index contributed by atoms with van der Waals surface area (Å²) >= 11 is 0. The zero-order valence-corrected chi connectivity index (χ0v) is 15.4. The van der Waals surface area contributed by atoms with Gasteiger partial charge in [0.1, 0.15) is 12.2 Å². The summed E-state index contributed by atoms with van der Waals surface area (Å²) in [5.74, 6) is -1.27. The van der Waals surface area contributed by atoms with Crippen molar-refractivity contribution < 1.29 is 29.0 Å². The molecule has 0 radical (unpaired) electrons. The molecule has 0 aliphatic carbocycles. The van der Waals surface area contributed by atoms with Crippen molar-refractivity contribution in [1.29, 1.82) is 0 Å². The van der Waals surface area contributed by atoms with Crippen LogP contribution in [0, 0.1) is 11.7 Å². The van der Waals surface area contributed by atoms with E-state index in [-0.39, 0.29) is 24.8 Å². The number of unbranched alkanes of at least 4 members (excludes halogenated alkanes) is 1. The molecule has 8 nitrogen and oxygen atoms in total. The number of aromatic amines is 1. The molecule has 0 spiro atoms. The normalized spacial score (nSPS) is 17.4. The van der Waals surface area contributed by atoms with Gasteiger partial charge in [0, 0.05) is 12.6 Å². The number of rotatable bonds is 9. The van der Waals surface area contributed by atoms with Crippen LogP contribution in [-0.4, -0.2) is 52.5 Å². The Morgan fingerprint density at radius 3 is 2.93 bits per heavy atom. The molecule has 148 valence electrons. The topological polar surface area (TPSA) is 104 Å². The molecule has 1 fully saturated rings. The van der Waals surface area contributed by atoms with Crippen LogP contribution in [0.4, 0.5) is 10.2 Å². The van der Waals surface area contributed by atoms with Gasteiger partial charge in [-0.05, 0) is 25.3 Å². The SMILES string of the molecule is CCCCC(CN(O)C=O)C(=O)N1CCCC1C(=O)Nc1ccc(F)c[nH+]1. The van der Waals surface area contributed by atoms with Gasteiger partial charge in [0.2, 0.25) is 12.3 Å². The number of hydrogen-bond acceptors (Lipinski definition) is 4. The van der Waals surface area contributed by atoms with E-state index in [9.17, 15) is 24.0 Å². The Morgan fingerprint density at radius 1 is 1.52 bits per heavy atom. The summed E-state index contributed by atoms with van der Waals surface area (Å²) < 4.78 is 13.0. The van der Waals surface area contributed by atoms with Crippen molar-refractivity contribution in [2.24, 2.45) is 5.92 Å². The highest BCUT2D eigenvalue weighted by Gasteiger charge is 2.39. The number of carbonyl (C=O) groups is 3. The van der Waals surface area contributed by atoms with Crippen LogP contribution in [0.1, 0.15) is 39.0 Å². The number of hydroxylamine groups is 2. The predicted molar refractivity (Wildman–Crippen MR) is 93.9 cm³/mol. The molecule has 2 rings (SSSR count). The number of hydrogen-bond donors (Lipinski definition) is 2. The smallest absolute Gasteiger partial charge is 0.328 e. The van der Waals surface area contributed by atoms with Gasteiger partial charge in [0.15, 0.2) is 5.82 Å². The summed E-state index contributed by atoms with van der Waals surface area (Å²) in [6.45, 7) is 2.33. The molecule has 2 atom stereocenters. The van der Waals surface area contributed by atoms with Crippen molar-refractivity contribution >= 4 is 24.0 Å². The number of amides is 3. The maximum atomic E-state index is 13.0. The molecule has 1 aliphatic rings. The monoisotopic (exact) mass is 381 g/mol. The van der Waals surface area contributed by atoms with Gasteiger partial charge in [-0.1, -0.05) is 19.8 Å². The number of carbonyl (C=O) groups excluding carboxylic acids is 3. The largest absolute Gasteiger partial charge is 0.330 e. The minimum Gasteiger partial charge on any atom is -0.328 e. The van der Waals surface area contributed by atoms with E-state index in [2.05, 4.69) is 10.3 Å². The van der Waals surface area contributed by atoms with Crippen LogP contribution in [0.3, 0.4) is 0 Å². The van der Waals surface area contributed by atoms with E-state index < -0.39 is 17.8 Å². The molecule has 0 bridgehead atoms. The quantitative estimate of drug-likeness (QED) is 0.381. The van der Waals surface area contributed by atoms with Gasteiger partial charge in [0.25, 0.3) is 5.82 Å². The molecule has 9 heteroatoms. The number of nitrogens with one attached hydrogen (secondary N) is 2. The van der Waals surface area contributed by atoms with Gasteiger partial charge in [-0.2, -0.15) is 0 Å². The van der Waals surface area contributed by atoms with Crippen LogP contribution in [-0.2, 0) is 14.4 Å². The number of aromatic nitrogens is 1.